The molecule has 0 aliphatic heterocycles. The van der Waals surface area contributed by atoms with Crippen LogP contribution in [-0.2, 0) is 0 Å². The maximum absolute atomic E-state index is 12.4. The zero-order valence-corrected chi connectivity index (χ0v) is 15.5. The average molecular weight is 396 g/mol. The molecule has 0 saturated heterocycles. The number of thiazole rings is 1. The third-order valence-corrected chi connectivity index (χ3v) is 6.02. The summed E-state index contributed by atoms with van der Waals surface area (Å²) >= 11 is 2.94. The summed E-state index contributed by atoms with van der Waals surface area (Å²) in [4.78, 5) is 27.2. The van der Waals surface area contributed by atoms with Crippen molar-refractivity contribution in [1.29, 1.82) is 0 Å². The van der Waals surface area contributed by atoms with Gasteiger partial charge in [-0.25, -0.2) is 4.98 Å². The molecule has 0 bridgehead atoms. The highest BCUT2D eigenvalue weighted by molar-refractivity contribution is 8.01. The van der Waals surface area contributed by atoms with E-state index in [2.05, 4.69) is 4.98 Å². The molecule has 0 fully saturated rings. The highest BCUT2D eigenvalue weighted by atomic mass is 32.2. The highest BCUT2D eigenvalue weighted by Gasteiger charge is 2.15. The van der Waals surface area contributed by atoms with Gasteiger partial charge in [0.05, 0.1) is 20.9 Å². The van der Waals surface area contributed by atoms with Crippen LogP contribution in [0.1, 0.15) is 10.6 Å². The Hall–Kier alpha value is -2.97. The van der Waals surface area contributed by atoms with Gasteiger partial charge in [-0.15, -0.1) is 11.3 Å². The molecule has 0 aliphatic rings. The lowest BCUT2D eigenvalue weighted by molar-refractivity contribution is -0.384. The number of nitrogens with zero attached hydrogens (tertiary/aromatic N) is 2. The Morgan fingerprint density at radius 1 is 1.11 bits per heavy atom. The second kappa shape index (κ2) is 7.34. The van der Waals surface area contributed by atoms with Gasteiger partial charge in [-0.3, -0.25) is 14.9 Å². The van der Waals surface area contributed by atoms with Gasteiger partial charge in [0.15, 0.2) is 10.1 Å². The smallest absolute Gasteiger partial charge is 0.269 e. The summed E-state index contributed by atoms with van der Waals surface area (Å²) in [5.74, 6) is 0.857. The van der Waals surface area contributed by atoms with E-state index in [4.69, 9.17) is 4.42 Å². The normalized spacial score (nSPS) is 11.0. The van der Waals surface area contributed by atoms with Crippen molar-refractivity contribution in [1.82, 2.24) is 4.98 Å². The van der Waals surface area contributed by atoms with Gasteiger partial charge in [-0.1, -0.05) is 23.9 Å². The van der Waals surface area contributed by atoms with Gasteiger partial charge in [0.1, 0.15) is 5.76 Å². The molecular formula is C19H12N2O4S2. The second-order valence-electron chi connectivity index (χ2n) is 5.63. The minimum Gasteiger partial charge on any atom is -0.453 e. The Labute approximate surface area is 162 Å². The highest BCUT2D eigenvalue weighted by Crippen LogP contribution is 2.30. The first-order valence-electron chi connectivity index (χ1n) is 7.96. The number of hydrogen-bond donors (Lipinski definition) is 0. The molecule has 0 spiro atoms. The van der Waals surface area contributed by atoms with Crippen LogP contribution in [0.2, 0.25) is 0 Å². The van der Waals surface area contributed by atoms with Crippen LogP contribution in [0.5, 0.6) is 0 Å². The molecule has 2 aromatic carbocycles. The van der Waals surface area contributed by atoms with Crippen molar-refractivity contribution >= 4 is 44.8 Å². The van der Waals surface area contributed by atoms with Crippen LogP contribution >= 0.6 is 23.1 Å². The van der Waals surface area contributed by atoms with Crippen molar-refractivity contribution in [3.8, 4) is 11.3 Å². The molecule has 27 heavy (non-hydrogen) atoms. The van der Waals surface area contributed by atoms with Crippen molar-refractivity contribution in [2.75, 3.05) is 5.75 Å². The number of furan rings is 1. The Morgan fingerprint density at radius 2 is 1.89 bits per heavy atom. The maximum Gasteiger partial charge on any atom is 0.269 e. The van der Waals surface area contributed by atoms with Crippen LogP contribution < -0.4 is 0 Å². The number of carbonyl (C=O) groups excluding carboxylic acids is 1. The lowest BCUT2D eigenvalue weighted by Gasteiger charge is -1.98. The number of rotatable bonds is 6. The molecule has 2 heterocycles. The van der Waals surface area contributed by atoms with E-state index in [0.29, 0.717) is 11.3 Å². The number of carbonyl (C=O) groups is 1. The molecule has 0 radical (unpaired) electrons. The zero-order chi connectivity index (χ0) is 18.8. The van der Waals surface area contributed by atoms with Gasteiger partial charge in [0.25, 0.3) is 5.69 Å². The third-order valence-electron chi connectivity index (χ3n) is 3.84. The van der Waals surface area contributed by atoms with E-state index in [1.165, 1.54) is 23.9 Å². The van der Waals surface area contributed by atoms with Crippen LogP contribution in [0.4, 0.5) is 5.69 Å². The molecule has 6 nitrogen and oxygen atoms in total. The molecule has 0 aliphatic carbocycles. The Kier molecular flexibility index (Phi) is 4.74. The predicted molar refractivity (Wildman–Crippen MR) is 105 cm³/mol. The summed E-state index contributed by atoms with van der Waals surface area (Å²) in [5, 5.41) is 10.7. The van der Waals surface area contributed by atoms with Gasteiger partial charge < -0.3 is 4.42 Å². The number of fused-ring (bicyclic) bond motifs is 1. The van der Waals surface area contributed by atoms with Crippen molar-refractivity contribution in [3.63, 3.8) is 0 Å². The largest absolute Gasteiger partial charge is 0.453 e. The Balaban J connectivity index is 1.44. The quantitative estimate of drug-likeness (QED) is 0.187. The number of Topliss-reactive ketones (excluding diaryl/α,β-unsaturated/α-hetero) is 1. The summed E-state index contributed by atoms with van der Waals surface area (Å²) in [6, 6.07) is 17.2. The first-order chi connectivity index (χ1) is 13.1. The van der Waals surface area contributed by atoms with Crippen LogP contribution in [0.25, 0.3) is 21.5 Å². The second-order valence-corrected chi connectivity index (χ2v) is 7.88. The van der Waals surface area contributed by atoms with Crippen LogP contribution in [-0.4, -0.2) is 21.4 Å². The predicted octanol–water partition coefficient (Wildman–Crippen LogP) is 5.44. The molecule has 4 rings (SSSR count). The lowest BCUT2D eigenvalue weighted by Crippen LogP contribution is -2.00. The van der Waals surface area contributed by atoms with Crippen LogP contribution in [0.15, 0.2) is 69.4 Å². The fourth-order valence-electron chi connectivity index (χ4n) is 2.50. The van der Waals surface area contributed by atoms with Gasteiger partial charge in [0.2, 0.25) is 5.78 Å². The molecule has 0 amide bonds. The number of nitro groups is 1. The number of ketones is 1. The van der Waals surface area contributed by atoms with Crippen molar-refractivity contribution < 1.29 is 14.1 Å². The van der Waals surface area contributed by atoms with Gasteiger partial charge >= 0.3 is 0 Å². The van der Waals surface area contributed by atoms with E-state index in [0.717, 1.165) is 14.6 Å². The lowest BCUT2D eigenvalue weighted by atomic mass is 10.1. The number of para-hydroxylation sites is 1. The summed E-state index contributed by atoms with van der Waals surface area (Å²) in [7, 11) is 0. The van der Waals surface area contributed by atoms with Crippen molar-refractivity contribution in [3.05, 3.63) is 76.5 Å². The van der Waals surface area contributed by atoms with E-state index >= 15 is 0 Å². The fourth-order valence-corrected chi connectivity index (χ4v) is 4.44. The molecule has 8 heteroatoms. The van der Waals surface area contributed by atoms with E-state index in [1.807, 2.05) is 24.3 Å². The monoisotopic (exact) mass is 396 g/mol. The molecule has 2 aromatic heterocycles. The van der Waals surface area contributed by atoms with Crippen LogP contribution in [0, 0.1) is 10.1 Å². The summed E-state index contributed by atoms with van der Waals surface area (Å²) in [6.07, 6.45) is 0. The van der Waals surface area contributed by atoms with Gasteiger partial charge in [0, 0.05) is 17.7 Å². The number of nitro benzene ring substituents is 1. The van der Waals surface area contributed by atoms with E-state index in [-0.39, 0.29) is 23.0 Å². The molecule has 134 valence electrons. The first-order valence-corrected chi connectivity index (χ1v) is 9.76. The molecular weight excluding hydrogens is 384 g/mol. The van der Waals surface area contributed by atoms with Crippen molar-refractivity contribution in [2.24, 2.45) is 0 Å². The summed E-state index contributed by atoms with van der Waals surface area (Å²) in [6.45, 7) is 0. The molecule has 0 N–H and O–H groups in total. The number of thioether (sulfide) groups is 1. The molecule has 0 atom stereocenters. The third kappa shape index (κ3) is 3.76. The molecule has 4 aromatic rings. The molecule has 0 saturated carbocycles. The standard InChI is InChI=1S/C19H12N2O4S2/c22-15(11-26-19-20-14-3-1-2-4-18(14)27-19)17-10-9-16(25-17)12-5-7-13(8-6-12)21(23)24/h1-10H,11H2. The Morgan fingerprint density at radius 3 is 2.63 bits per heavy atom. The SMILES string of the molecule is O=C(CSc1nc2ccccc2s1)c1ccc(-c2ccc([N+](=O)[O-])cc2)o1. The van der Waals surface area contributed by atoms with Gasteiger partial charge in [-0.05, 0) is 36.4 Å². The minimum atomic E-state index is -0.458. The first kappa shape index (κ1) is 17.4. The number of hydrogen-bond acceptors (Lipinski definition) is 7. The maximum atomic E-state index is 12.4. The van der Waals surface area contributed by atoms with E-state index in [9.17, 15) is 14.9 Å². The van der Waals surface area contributed by atoms with Crippen LogP contribution in [0.3, 0.4) is 0 Å². The average Bonchev–Trinajstić information content (AvgIpc) is 3.33. The number of aromatic nitrogens is 1. The fraction of sp³-hybridized carbons (Fsp3) is 0.0526. The van der Waals surface area contributed by atoms with Gasteiger partial charge in [-0.2, -0.15) is 0 Å². The summed E-state index contributed by atoms with van der Waals surface area (Å²) < 4.78 is 7.56. The van der Waals surface area contributed by atoms with E-state index < -0.39 is 4.92 Å². The summed E-state index contributed by atoms with van der Waals surface area (Å²) in [5.41, 5.74) is 1.61. The molecule has 0 unspecified atom stereocenters. The number of benzene rings is 2. The minimum absolute atomic E-state index is 0.00819. The Bertz CT molecular complexity index is 1100. The number of non-ortho nitro benzene ring substituents is 1. The van der Waals surface area contributed by atoms with Crippen molar-refractivity contribution in [2.45, 2.75) is 4.34 Å². The topological polar surface area (TPSA) is 86.2 Å². The van der Waals surface area contributed by atoms with E-state index in [1.54, 1.807) is 35.6 Å². The zero-order valence-electron chi connectivity index (χ0n) is 13.8.